The van der Waals surface area contributed by atoms with E-state index < -0.39 is 18.5 Å². The van der Waals surface area contributed by atoms with Crippen LogP contribution in [-0.4, -0.2) is 33.5 Å². The summed E-state index contributed by atoms with van der Waals surface area (Å²) < 4.78 is 6.23. The molecule has 2 rings (SSSR count). The summed E-state index contributed by atoms with van der Waals surface area (Å²) in [5.41, 5.74) is 6.47. The number of esters is 1. The van der Waals surface area contributed by atoms with Gasteiger partial charge in [0.25, 0.3) is 5.91 Å². The second kappa shape index (κ2) is 6.99. The van der Waals surface area contributed by atoms with Gasteiger partial charge in [0.1, 0.15) is 5.69 Å². The smallest absolute Gasteiger partial charge is 0.331 e. The van der Waals surface area contributed by atoms with Gasteiger partial charge in [-0.2, -0.15) is 0 Å². The number of carbonyl (C=O) groups excluding carboxylic acids is 2. The Balaban J connectivity index is 1.91. The van der Waals surface area contributed by atoms with Crippen molar-refractivity contribution in [3.05, 3.63) is 53.9 Å². The summed E-state index contributed by atoms with van der Waals surface area (Å²) in [4.78, 5) is 21.7. The maximum absolute atomic E-state index is 11.2. The van der Waals surface area contributed by atoms with Crippen molar-refractivity contribution in [3.8, 4) is 0 Å². The van der Waals surface area contributed by atoms with Crippen LogP contribution in [0.15, 0.2) is 42.6 Å². The van der Waals surface area contributed by atoms with Gasteiger partial charge in [0, 0.05) is 6.08 Å². The SMILES string of the molecule is NC(=O)COC(=O)/C=C/c1cn(Cc2ccccc2)nn1. The van der Waals surface area contributed by atoms with E-state index in [1.807, 2.05) is 30.3 Å². The lowest BCUT2D eigenvalue weighted by atomic mass is 10.2. The number of benzene rings is 1. The molecule has 0 atom stereocenters. The van der Waals surface area contributed by atoms with E-state index in [9.17, 15) is 9.59 Å². The molecule has 7 nitrogen and oxygen atoms in total. The predicted octanol–water partition coefficient (Wildman–Crippen LogP) is 0.368. The molecule has 108 valence electrons. The highest BCUT2D eigenvalue weighted by Gasteiger charge is 2.02. The highest BCUT2D eigenvalue weighted by atomic mass is 16.5. The zero-order valence-electron chi connectivity index (χ0n) is 11.2. The van der Waals surface area contributed by atoms with Crippen molar-refractivity contribution in [1.82, 2.24) is 15.0 Å². The van der Waals surface area contributed by atoms with Gasteiger partial charge in [-0.25, -0.2) is 9.48 Å². The normalized spacial score (nSPS) is 10.7. The van der Waals surface area contributed by atoms with Crippen LogP contribution in [0.1, 0.15) is 11.3 Å². The Bertz CT molecular complexity index is 649. The molecule has 0 fully saturated rings. The largest absolute Gasteiger partial charge is 0.452 e. The number of primary amides is 1. The van der Waals surface area contributed by atoms with E-state index in [0.29, 0.717) is 12.2 Å². The van der Waals surface area contributed by atoms with Gasteiger partial charge in [-0.1, -0.05) is 35.5 Å². The lowest BCUT2D eigenvalue weighted by Crippen LogP contribution is -2.19. The standard InChI is InChI=1S/C14H14N4O3/c15-13(19)10-21-14(20)7-6-12-9-18(17-16-12)8-11-4-2-1-3-5-11/h1-7,9H,8,10H2,(H2,15,19)/b7-6+. The second-order valence-corrected chi connectivity index (χ2v) is 4.23. The molecular weight excluding hydrogens is 272 g/mol. The van der Waals surface area contributed by atoms with Crippen molar-refractivity contribution in [2.24, 2.45) is 5.73 Å². The van der Waals surface area contributed by atoms with Crippen LogP contribution >= 0.6 is 0 Å². The van der Waals surface area contributed by atoms with Crippen LogP contribution in [0.4, 0.5) is 0 Å². The first-order chi connectivity index (χ1) is 10.1. The Hall–Kier alpha value is -2.96. The topological polar surface area (TPSA) is 100 Å². The number of hydrogen-bond donors (Lipinski definition) is 1. The van der Waals surface area contributed by atoms with Gasteiger partial charge in [-0.15, -0.1) is 5.10 Å². The van der Waals surface area contributed by atoms with E-state index in [4.69, 9.17) is 5.73 Å². The van der Waals surface area contributed by atoms with Crippen molar-refractivity contribution in [2.45, 2.75) is 6.54 Å². The fourth-order valence-corrected chi connectivity index (χ4v) is 1.58. The van der Waals surface area contributed by atoms with Crippen molar-refractivity contribution < 1.29 is 14.3 Å². The minimum Gasteiger partial charge on any atom is -0.452 e. The van der Waals surface area contributed by atoms with Gasteiger partial charge in [-0.05, 0) is 11.6 Å². The molecule has 2 aromatic rings. The van der Waals surface area contributed by atoms with E-state index in [1.165, 1.54) is 12.2 Å². The van der Waals surface area contributed by atoms with Crippen LogP contribution in [0, 0.1) is 0 Å². The Morgan fingerprint density at radius 3 is 2.76 bits per heavy atom. The van der Waals surface area contributed by atoms with E-state index in [-0.39, 0.29) is 0 Å². The number of aromatic nitrogens is 3. The first-order valence-electron chi connectivity index (χ1n) is 6.20. The van der Waals surface area contributed by atoms with Gasteiger partial charge < -0.3 is 10.5 Å². The maximum atomic E-state index is 11.2. The molecule has 0 unspecified atom stereocenters. The van der Waals surface area contributed by atoms with Crippen LogP contribution in [0.5, 0.6) is 0 Å². The first-order valence-corrected chi connectivity index (χ1v) is 6.20. The molecule has 0 aliphatic rings. The molecule has 2 N–H and O–H groups in total. The highest BCUT2D eigenvalue weighted by Crippen LogP contribution is 2.03. The quantitative estimate of drug-likeness (QED) is 0.610. The number of nitrogens with zero attached hydrogens (tertiary/aromatic N) is 3. The molecule has 0 aliphatic carbocycles. The third-order valence-corrected chi connectivity index (χ3v) is 2.49. The molecule has 0 radical (unpaired) electrons. The van der Waals surface area contributed by atoms with Gasteiger partial charge in [0.15, 0.2) is 6.61 Å². The van der Waals surface area contributed by atoms with E-state index >= 15 is 0 Å². The molecule has 1 aromatic carbocycles. The van der Waals surface area contributed by atoms with E-state index in [2.05, 4.69) is 15.0 Å². The van der Waals surface area contributed by atoms with E-state index in [0.717, 1.165) is 5.56 Å². The van der Waals surface area contributed by atoms with Crippen LogP contribution in [-0.2, 0) is 20.9 Å². The minimum atomic E-state index is -0.703. The molecule has 7 heteroatoms. The molecule has 1 aromatic heterocycles. The molecule has 1 amide bonds. The summed E-state index contributed by atoms with van der Waals surface area (Å²) in [6.45, 7) is 0.150. The minimum absolute atomic E-state index is 0.441. The van der Waals surface area contributed by atoms with Crippen LogP contribution < -0.4 is 5.73 Å². The predicted molar refractivity (Wildman–Crippen MR) is 74.8 cm³/mol. The van der Waals surface area contributed by atoms with Crippen molar-refractivity contribution in [1.29, 1.82) is 0 Å². The molecule has 0 bridgehead atoms. The number of hydrogen-bond acceptors (Lipinski definition) is 5. The molecule has 21 heavy (non-hydrogen) atoms. The lowest BCUT2D eigenvalue weighted by Gasteiger charge is -1.98. The van der Waals surface area contributed by atoms with Gasteiger partial charge in [-0.3, -0.25) is 4.79 Å². The van der Waals surface area contributed by atoms with Crippen molar-refractivity contribution in [2.75, 3.05) is 6.61 Å². The number of carbonyl (C=O) groups is 2. The van der Waals surface area contributed by atoms with Gasteiger partial charge in [0.05, 0.1) is 12.7 Å². The third kappa shape index (κ3) is 4.90. The number of nitrogens with two attached hydrogens (primary N) is 1. The maximum Gasteiger partial charge on any atom is 0.331 e. The van der Waals surface area contributed by atoms with Crippen molar-refractivity contribution >= 4 is 18.0 Å². The Morgan fingerprint density at radius 1 is 1.29 bits per heavy atom. The fourth-order valence-electron chi connectivity index (χ4n) is 1.58. The first kappa shape index (κ1) is 14.4. The monoisotopic (exact) mass is 286 g/mol. The average Bonchev–Trinajstić information content (AvgIpc) is 2.91. The Kier molecular flexibility index (Phi) is 4.81. The summed E-state index contributed by atoms with van der Waals surface area (Å²) in [6.07, 6.45) is 4.32. The Morgan fingerprint density at radius 2 is 2.05 bits per heavy atom. The van der Waals surface area contributed by atoms with Gasteiger partial charge >= 0.3 is 5.97 Å². The molecule has 1 heterocycles. The zero-order chi connectivity index (χ0) is 15.1. The molecular formula is C14H14N4O3. The number of rotatable bonds is 6. The van der Waals surface area contributed by atoms with Gasteiger partial charge in [0.2, 0.25) is 0 Å². The highest BCUT2D eigenvalue weighted by molar-refractivity contribution is 5.88. The summed E-state index contributed by atoms with van der Waals surface area (Å²) in [5.74, 6) is -1.36. The number of amides is 1. The van der Waals surface area contributed by atoms with Crippen molar-refractivity contribution in [3.63, 3.8) is 0 Å². The summed E-state index contributed by atoms with van der Waals surface area (Å²) in [6, 6.07) is 9.80. The summed E-state index contributed by atoms with van der Waals surface area (Å²) in [7, 11) is 0. The Labute approximate surface area is 121 Å². The van der Waals surface area contributed by atoms with Crippen LogP contribution in [0.3, 0.4) is 0 Å². The van der Waals surface area contributed by atoms with Crippen LogP contribution in [0.25, 0.3) is 6.08 Å². The van der Waals surface area contributed by atoms with E-state index in [1.54, 1.807) is 10.9 Å². The zero-order valence-corrected chi connectivity index (χ0v) is 11.2. The fraction of sp³-hybridized carbons (Fsp3) is 0.143. The second-order valence-electron chi connectivity index (χ2n) is 4.23. The average molecular weight is 286 g/mol. The summed E-state index contributed by atoms with van der Waals surface area (Å²) >= 11 is 0. The molecule has 0 saturated carbocycles. The molecule has 0 aliphatic heterocycles. The third-order valence-electron chi connectivity index (χ3n) is 2.49. The molecule has 0 saturated heterocycles. The number of ether oxygens (including phenoxy) is 1. The summed E-state index contributed by atoms with van der Waals surface area (Å²) in [5, 5.41) is 7.86. The van der Waals surface area contributed by atoms with Crippen LogP contribution in [0.2, 0.25) is 0 Å². The molecule has 0 spiro atoms. The lowest BCUT2D eigenvalue weighted by molar-refractivity contribution is -0.142.